The van der Waals surface area contributed by atoms with Gasteiger partial charge in [-0.25, -0.2) is 4.39 Å². The lowest BCUT2D eigenvalue weighted by Gasteiger charge is -2.33. The number of hydrogen-bond acceptors (Lipinski definition) is 3. The Balaban J connectivity index is 1.18. The van der Waals surface area contributed by atoms with Crippen LogP contribution in [0.25, 0.3) is 0 Å². The van der Waals surface area contributed by atoms with Gasteiger partial charge in [0.05, 0.1) is 5.92 Å². The molecular weight excluding hydrogens is 353 g/mol. The van der Waals surface area contributed by atoms with Gasteiger partial charge in [-0.05, 0) is 43.2 Å². The second-order valence-corrected chi connectivity index (χ2v) is 8.26. The van der Waals surface area contributed by atoms with Crippen LogP contribution in [0.2, 0.25) is 0 Å². The number of rotatable bonds is 7. The van der Waals surface area contributed by atoms with Crippen LogP contribution in [0.1, 0.15) is 49.1 Å². The van der Waals surface area contributed by atoms with Gasteiger partial charge in [-0.3, -0.25) is 4.79 Å². The number of nitrogens with one attached hydrogen (secondary N) is 1. The lowest BCUT2D eigenvalue weighted by molar-refractivity contribution is -0.152. The van der Waals surface area contributed by atoms with Gasteiger partial charge < -0.3 is 10.1 Å². The van der Waals surface area contributed by atoms with Crippen molar-refractivity contribution in [1.82, 2.24) is 5.32 Å². The van der Waals surface area contributed by atoms with Crippen molar-refractivity contribution in [3.63, 3.8) is 0 Å². The molecule has 4 heteroatoms. The molecule has 0 radical (unpaired) electrons. The summed E-state index contributed by atoms with van der Waals surface area (Å²) in [6.45, 7) is 0.674. The van der Waals surface area contributed by atoms with E-state index in [1.807, 2.05) is 36.4 Å². The lowest BCUT2D eigenvalue weighted by atomic mass is 9.80. The van der Waals surface area contributed by atoms with Crippen LogP contribution in [-0.2, 0) is 16.1 Å². The van der Waals surface area contributed by atoms with Crippen LogP contribution in [0.3, 0.4) is 0 Å². The van der Waals surface area contributed by atoms with E-state index in [0.29, 0.717) is 50.8 Å². The van der Waals surface area contributed by atoms with Gasteiger partial charge in [0, 0.05) is 18.5 Å². The first-order valence-corrected chi connectivity index (χ1v) is 10.3. The van der Waals surface area contributed by atoms with Crippen LogP contribution in [0.4, 0.5) is 4.39 Å². The van der Waals surface area contributed by atoms with Gasteiger partial charge in [-0.15, -0.1) is 0 Å². The minimum atomic E-state index is -1.21. The summed E-state index contributed by atoms with van der Waals surface area (Å²) in [5.41, 5.74) is 1.10. The number of esters is 1. The summed E-state index contributed by atoms with van der Waals surface area (Å²) in [5, 5.41) is 3.41. The number of carbonyl (C=O) groups is 1. The molecule has 0 aliphatic heterocycles. The van der Waals surface area contributed by atoms with Crippen molar-refractivity contribution in [3.8, 4) is 0 Å². The van der Waals surface area contributed by atoms with E-state index in [-0.39, 0.29) is 11.9 Å². The highest BCUT2D eigenvalue weighted by molar-refractivity contribution is 5.72. The normalized spacial score (nSPS) is 29.2. The summed E-state index contributed by atoms with van der Waals surface area (Å²) in [6, 6.07) is 20.5. The number of carbonyl (C=O) groups excluding carboxylic acids is 1. The zero-order valence-corrected chi connectivity index (χ0v) is 16.1. The molecule has 0 aromatic heterocycles. The Bertz CT molecular complexity index is 772. The Morgan fingerprint density at radius 1 is 1.04 bits per heavy atom. The lowest BCUT2D eigenvalue weighted by Crippen LogP contribution is -2.42. The zero-order chi connectivity index (χ0) is 19.4. The molecular formula is C24H28FNO2. The predicted octanol–water partition coefficient (Wildman–Crippen LogP) is 4.77. The number of hydrogen-bond donors (Lipinski definition) is 1. The van der Waals surface area contributed by atoms with E-state index in [1.165, 1.54) is 5.56 Å². The van der Waals surface area contributed by atoms with Crippen molar-refractivity contribution in [2.24, 2.45) is 5.92 Å². The first-order valence-electron chi connectivity index (χ1n) is 10.3. The highest BCUT2D eigenvalue weighted by Crippen LogP contribution is 2.42. The Kier molecular flexibility index (Phi) is 5.77. The van der Waals surface area contributed by atoms with E-state index in [9.17, 15) is 4.79 Å². The number of alkyl halides is 1. The Morgan fingerprint density at radius 2 is 1.68 bits per heavy atom. The molecule has 2 saturated carbocycles. The molecule has 0 saturated heterocycles. The maximum atomic E-state index is 15.2. The fraction of sp³-hybridized carbons (Fsp3) is 0.458. The fourth-order valence-electron chi connectivity index (χ4n) is 4.20. The summed E-state index contributed by atoms with van der Waals surface area (Å²) >= 11 is 0. The van der Waals surface area contributed by atoms with Gasteiger partial charge >= 0.3 is 5.97 Å². The summed E-state index contributed by atoms with van der Waals surface area (Å²) in [7, 11) is 0. The van der Waals surface area contributed by atoms with Gasteiger partial charge in [0.2, 0.25) is 0 Å². The van der Waals surface area contributed by atoms with Gasteiger partial charge in [0.1, 0.15) is 12.3 Å². The van der Waals surface area contributed by atoms with Crippen molar-refractivity contribution in [3.05, 3.63) is 71.8 Å². The quantitative estimate of drug-likeness (QED) is 0.702. The summed E-state index contributed by atoms with van der Waals surface area (Å²) in [6.07, 6.45) is 3.06. The SMILES string of the molecule is O=C(OCc1ccccc1)C1CCC(F)(CN[C@@H]2C[C@H]2c2ccccc2)CC1. The molecule has 0 unspecified atom stereocenters. The maximum absolute atomic E-state index is 15.2. The van der Waals surface area contributed by atoms with E-state index in [0.717, 1.165) is 12.0 Å². The molecule has 2 aromatic rings. The molecule has 1 N–H and O–H groups in total. The smallest absolute Gasteiger partial charge is 0.309 e. The number of benzene rings is 2. The number of halogens is 1. The molecule has 0 bridgehead atoms. The molecule has 2 aliphatic carbocycles. The first-order chi connectivity index (χ1) is 13.6. The summed E-state index contributed by atoms with van der Waals surface area (Å²) in [4.78, 5) is 12.3. The molecule has 2 aromatic carbocycles. The molecule has 28 heavy (non-hydrogen) atoms. The third-order valence-electron chi connectivity index (χ3n) is 6.14. The van der Waals surface area contributed by atoms with E-state index in [2.05, 4.69) is 29.6 Å². The van der Waals surface area contributed by atoms with Crippen molar-refractivity contribution in [2.75, 3.05) is 6.54 Å². The minimum absolute atomic E-state index is 0.175. The van der Waals surface area contributed by atoms with Crippen LogP contribution in [-0.4, -0.2) is 24.2 Å². The van der Waals surface area contributed by atoms with Crippen LogP contribution in [0, 0.1) is 5.92 Å². The van der Waals surface area contributed by atoms with Crippen LogP contribution < -0.4 is 5.32 Å². The second kappa shape index (κ2) is 8.44. The monoisotopic (exact) mass is 381 g/mol. The minimum Gasteiger partial charge on any atom is -0.461 e. The molecule has 2 fully saturated rings. The zero-order valence-electron chi connectivity index (χ0n) is 16.1. The van der Waals surface area contributed by atoms with Gasteiger partial charge in [0.25, 0.3) is 0 Å². The highest BCUT2D eigenvalue weighted by atomic mass is 19.1. The molecule has 2 atom stereocenters. The number of ether oxygens (including phenoxy) is 1. The topological polar surface area (TPSA) is 38.3 Å². The third-order valence-corrected chi connectivity index (χ3v) is 6.14. The van der Waals surface area contributed by atoms with E-state index < -0.39 is 5.67 Å². The molecule has 0 spiro atoms. The van der Waals surface area contributed by atoms with Crippen molar-refractivity contribution in [2.45, 2.75) is 56.3 Å². The predicted molar refractivity (Wildman–Crippen MR) is 108 cm³/mol. The first kappa shape index (κ1) is 19.1. The largest absolute Gasteiger partial charge is 0.461 e. The molecule has 0 amide bonds. The van der Waals surface area contributed by atoms with E-state index in [1.54, 1.807) is 0 Å². The highest BCUT2D eigenvalue weighted by Gasteiger charge is 2.42. The molecule has 0 heterocycles. The van der Waals surface area contributed by atoms with Crippen molar-refractivity contribution < 1.29 is 13.9 Å². The summed E-state index contributed by atoms with van der Waals surface area (Å²) in [5.74, 6) is 0.143. The van der Waals surface area contributed by atoms with Gasteiger partial charge in [-0.1, -0.05) is 60.7 Å². The van der Waals surface area contributed by atoms with Crippen LogP contribution in [0.5, 0.6) is 0 Å². The maximum Gasteiger partial charge on any atom is 0.309 e. The van der Waals surface area contributed by atoms with Gasteiger partial charge in [-0.2, -0.15) is 0 Å². The molecule has 148 valence electrons. The van der Waals surface area contributed by atoms with Crippen LogP contribution >= 0.6 is 0 Å². The average molecular weight is 381 g/mol. The fourth-order valence-corrected chi connectivity index (χ4v) is 4.20. The second-order valence-electron chi connectivity index (χ2n) is 8.26. The third kappa shape index (κ3) is 4.79. The standard InChI is InChI=1S/C24H28FNO2/c25-24(17-26-22-15-21(22)19-9-5-2-6-10-19)13-11-20(12-14-24)23(27)28-16-18-7-3-1-4-8-18/h1-10,20-22,26H,11-17H2/t20?,21-,22+,24?/m0/s1. The summed E-state index contributed by atoms with van der Waals surface area (Å²) < 4.78 is 20.6. The van der Waals surface area contributed by atoms with Crippen LogP contribution in [0.15, 0.2) is 60.7 Å². The molecule has 4 rings (SSSR count). The Hall–Kier alpha value is -2.20. The Labute approximate surface area is 166 Å². The molecule has 2 aliphatic rings. The van der Waals surface area contributed by atoms with Crippen molar-refractivity contribution in [1.29, 1.82) is 0 Å². The van der Waals surface area contributed by atoms with Crippen molar-refractivity contribution >= 4 is 5.97 Å². The average Bonchev–Trinajstić information content (AvgIpc) is 3.53. The molecule has 3 nitrogen and oxygen atoms in total. The van der Waals surface area contributed by atoms with E-state index in [4.69, 9.17) is 4.74 Å². The van der Waals surface area contributed by atoms with E-state index >= 15 is 4.39 Å². The van der Waals surface area contributed by atoms with Gasteiger partial charge in [0.15, 0.2) is 0 Å². The Morgan fingerprint density at radius 3 is 2.36 bits per heavy atom.